The number of nitrogens with one attached hydrogen (secondary N) is 1. The Balaban J connectivity index is 2.22. The minimum atomic E-state index is 0.189. The van der Waals surface area contributed by atoms with Crippen LogP contribution in [0.2, 0.25) is 5.28 Å². The van der Waals surface area contributed by atoms with Crippen LogP contribution in [0.4, 0.5) is 11.4 Å². The molecule has 0 fully saturated rings. The van der Waals surface area contributed by atoms with Gasteiger partial charge in [0.25, 0.3) is 0 Å². The molecule has 0 aliphatic heterocycles. The summed E-state index contributed by atoms with van der Waals surface area (Å²) < 4.78 is 2.53. The molecule has 0 bridgehead atoms. The Hall–Kier alpha value is -1.79. The minimum Gasteiger partial charge on any atom is -0.508 e. The summed E-state index contributed by atoms with van der Waals surface area (Å²) in [7, 11) is 0. The first-order valence-corrected chi connectivity index (χ1v) is 7.83. The Bertz CT molecular complexity index is 891. The highest BCUT2D eigenvalue weighted by Crippen LogP contribution is 2.35. The molecule has 0 saturated carbocycles. The Kier molecular flexibility index (Phi) is 3.74. The fourth-order valence-corrected chi connectivity index (χ4v) is 3.15. The van der Waals surface area contributed by atoms with Crippen LogP contribution in [0.25, 0.3) is 5.65 Å². The maximum atomic E-state index is 9.93. The molecule has 1 aromatic carbocycles. The average Bonchev–Trinajstić information content (AvgIpc) is 2.84. The van der Waals surface area contributed by atoms with Crippen LogP contribution >= 0.6 is 27.5 Å². The van der Waals surface area contributed by atoms with Crippen molar-refractivity contribution in [3.05, 3.63) is 44.8 Å². The van der Waals surface area contributed by atoms with Crippen molar-refractivity contribution in [1.82, 2.24) is 14.6 Å². The summed E-state index contributed by atoms with van der Waals surface area (Å²) in [6.45, 7) is 5.77. The minimum absolute atomic E-state index is 0.189. The number of nitrogens with zero attached hydrogens (tertiary/aromatic N) is 3. The predicted molar refractivity (Wildman–Crippen MR) is 91.3 cm³/mol. The van der Waals surface area contributed by atoms with E-state index >= 15 is 0 Å². The van der Waals surface area contributed by atoms with Gasteiger partial charge in [-0.15, -0.1) is 5.10 Å². The van der Waals surface area contributed by atoms with Crippen molar-refractivity contribution < 1.29 is 5.11 Å². The van der Waals surface area contributed by atoms with Gasteiger partial charge in [0, 0.05) is 21.4 Å². The van der Waals surface area contributed by atoms with Gasteiger partial charge in [-0.05, 0) is 66.0 Å². The smallest absolute Gasteiger partial charge is 0.243 e. The maximum Gasteiger partial charge on any atom is 0.243 e. The highest BCUT2D eigenvalue weighted by atomic mass is 79.9. The zero-order valence-electron chi connectivity index (χ0n) is 12.3. The van der Waals surface area contributed by atoms with Crippen molar-refractivity contribution >= 4 is 44.6 Å². The van der Waals surface area contributed by atoms with E-state index in [-0.39, 0.29) is 11.0 Å². The van der Waals surface area contributed by atoms with Crippen LogP contribution in [0.5, 0.6) is 5.75 Å². The lowest BCUT2D eigenvalue weighted by Crippen LogP contribution is -2.02. The molecule has 0 atom stereocenters. The number of phenolic OH excluding ortho intramolecular Hbond substituents is 1. The number of halogens is 2. The second-order valence-electron chi connectivity index (χ2n) is 5.15. The van der Waals surface area contributed by atoms with Crippen LogP contribution in [0.1, 0.15) is 16.8 Å². The van der Waals surface area contributed by atoms with E-state index in [1.807, 2.05) is 32.9 Å². The zero-order valence-corrected chi connectivity index (χ0v) is 14.6. The highest BCUT2D eigenvalue weighted by Gasteiger charge is 2.16. The van der Waals surface area contributed by atoms with Gasteiger partial charge in [-0.3, -0.25) is 0 Å². The molecule has 0 radical (unpaired) electrons. The van der Waals surface area contributed by atoms with Gasteiger partial charge < -0.3 is 10.4 Å². The first-order chi connectivity index (χ1) is 10.4. The molecular weight excluding hydrogens is 368 g/mol. The number of aromatic nitrogens is 3. The van der Waals surface area contributed by atoms with Gasteiger partial charge in [-0.25, -0.2) is 4.52 Å². The van der Waals surface area contributed by atoms with Gasteiger partial charge in [0.15, 0.2) is 5.65 Å². The van der Waals surface area contributed by atoms with Crippen LogP contribution < -0.4 is 5.32 Å². The number of anilines is 2. The molecule has 7 heteroatoms. The molecule has 3 rings (SSSR count). The summed E-state index contributed by atoms with van der Waals surface area (Å²) >= 11 is 9.50. The Morgan fingerprint density at radius 1 is 1.23 bits per heavy atom. The third-order valence-electron chi connectivity index (χ3n) is 3.61. The van der Waals surface area contributed by atoms with E-state index in [4.69, 9.17) is 11.6 Å². The molecule has 2 heterocycles. The molecule has 0 saturated heterocycles. The normalized spacial score (nSPS) is 11.1. The van der Waals surface area contributed by atoms with Gasteiger partial charge in [-0.2, -0.15) is 4.98 Å². The summed E-state index contributed by atoms with van der Waals surface area (Å²) in [5, 5.41) is 17.6. The number of phenols is 1. The molecule has 0 spiro atoms. The molecule has 0 aliphatic rings. The van der Waals surface area contributed by atoms with Crippen molar-refractivity contribution in [3.8, 4) is 5.75 Å². The van der Waals surface area contributed by atoms with Crippen LogP contribution in [-0.4, -0.2) is 19.7 Å². The quantitative estimate of drug-likeness (QED) is 0.685. The van der Waals surface area contributed by atoms with Crippen molar-refractivity contribution in [3.63, 3.8) is 0 Å². The zero-order chi connectivity index (χ0) is 16.0. The van der Waals surface area contributed by atoms with E-state index in [0.29, 0.717) is 5.65 Å². The molecule has 2 N–H and O–H groups in total. The molecule has 0 amide bonds. The lowest BCUT2D eigenvalue weighted by molar-refractivity contribution is 0.471. The lowest BCUT2D eigenvalue weighted by atomic mass is 10.1. The number of pyridine rings is 1. The van der Waals surface area contributed by atoms with Crippen LogP contribution in [0, 0.1) is 20.8 Å². The SMILES string of the molecule is Cc1ccc(O)c(C)c1Nc1c(Br)cc(C)n2nc(Cl)nc12. The monoisotopic (exact) mass is 380 g/mol. The van der Waals surface area contributed by atoms with Crippen molar-refractivity contribution in [1.29, 1.82) is 0 Å². The molecule has 114 valence electrons. The number of aromatic hydroxyl groups is 1. The molecule has 0 aliphatic carbocycles. The number of hydrogen-bond donors (Lipinski definition) is 2. The topological polar surface area (TPSA) is 62.5 Å². The van der Waals surface area contributed by atoms with Gasteiger partial charge >= 0.3 is 0 Å². The van der Waals surface area contributed by atoms with Gasteiger partial charge in [0.2, 0.25) is 5.28 Å². The second kappa shape index (κ2) is 5.44. The van der Waals surface area contributed by atoms with Crippen molar-refractivity contribution in [2.24, 2.45) is 0 Å². The number of aryl methyl sites for hydroxylation is 2. The van der Waals surface area contributed by atoms with E-state index < -0.39 is 0 Å². The summed E-state index contributed by atoms with van der Waals surface area (Å²) in [6.07, 6.45) is 0. The van der Waals surface area contributed by atoms with E-state index in [2.05, 4.69) is 31.3 Å². The number of hydrogen-bond acceptors (Lipinski definition) is 4. The maximum absolute atomic E-state index is 9.93. The van der Waals surface area contributed by atoms with Gasteiger partial charge in [0.1, 0.15) is 5.75 Å². The molecule has 0 unspecified atom stereocenters. The third-order valence-corrected chi connectivity index (χ3v) is 4.39. The summed E-state index contributed by atoms with van der Waals surface area (Å²) in [5.74, 6) is 0.242. The Labute approximate surface area is 141 Å². The second-order valence-corrected chi connectivity index (χ2v) is 6.34. The summed E-state index contributed by atoms with van der Waals surface area (Å²) in [4.78, 5) is 4.27. The van der Waals surface area contributed by atoms with Crippen LogP contribution in [0.15, 0.2) is 22.7 Å². The molecule has 22 heavy (non-hydrogen) atoms. The summed E-state index contributed by atoms with van der Waals surface area (Å²) in [6, 6.07) is 5.48. The first-order valence-electron chi connectivity index (χ1n) is 6.66. The van der Waals surface area contributed by atoms with E-state index in [0.717, 1.165) is 32.7 Å². The summed E-state index contributed by atoms with van der Waals surface area (Å²) in [5.41, 5.74) is 4.92. The molecule has 3 aromatic rings. The number of benzene rings is 1. The fraction of sp³-hybridized carbons (Fsp3) is 0.200. The predicted octanol–water partition coefficient (Wildman–Crippen LogP) is 4.52. The Morgan fingerprint density at radius 3 is 2.68 bits per heavy atom. The van der Waals surface area contributed by atoms with E-state index in [9.17, 15) is 5.11 Å². The first kappa shape index (κ1) is 15.1. The Morgan fingerprint density at radius 2 is 1.95 bits per heavy atom. The van der Waals surface area contributed by atoms with Gasteiger partial charge in [-0.1, -0.05) is 6.07 Å². The molecule has 2 aromatic heterocycles. The van der Waals surface area contributed by atoms with Crippen LogP contribution in [0.3, 0.4) is 0 Å². The third kappa shape index (κ3) is 2.42. The average molecular weight is 382 g/mol. The van der Waals surface area contributed by atoms with Crippen molar-refractivity contribution in [2.45, 2.75) is 20.8 Å². The lowest BCUT2D eigenvalue weighted by Gasteiger charge is -2.16. The number of fused-ring (bicyclic) bond motifs is 1. The van der Waals surface area contributed by atoms with E-state index in [1.165, 1.54) is 0 Å². The largest absolute Gasteiger partial charge is 0.508 e. The molecular formula is C15H14BrClN4O. The molecule has 5 nitrogen and oxygen atoms in total. The van der Waals surface area contributed by atoms with E-state index in [1.54, 1.807) is 10.6 Å². The highest BCUT2D eigenvalue weighted by molar-refractivity contribution is 9.10. The van der Waals surface area contributed by atoms with Crippen molar-refractivity contribution in [2.75, 3.05) is 5.32 Å². The number of rotatable bonds is 2. The van der Waals surface area contributed by atoms with Crippen LogP contribution in [-0.2, 0) is 0 Å². The standard InChI is InChI=1S/C15H14BrClN4O/c1-7-4-5-11(22)9(3)12(7)18-13-10(16)6-8(2)21-14(13)19-15(17)20-21/h4-6,18,22H,1-3H3. The van der Waals surface area contributed by atoms with Gasteiger partial charge in [0.05, 0.1) is 5.69 Å². The fourth-order valence-electron chi connectivity index (χ4n) is 2.39.